The Hall–Kier alpha value is -0.600. The van der Waals surface area contributed by atoms with Crippen LogP contribution < -0.4 is 0 Å². The monoisotopic (exact) mass is 304 g/mol. The van der Waals surface area contributed by atoms with Crippen molar-refractivity contribution >= 4 is 36.0 Å². The van der Waals surface area contributed by atoms with E-state index in [1.807, 2.05) is 0 Å². The smallest absolute Gasteiger partial charge is 0.00574 e. The fraction of sp³-hybridized carbons (Fsp3) is 0.444. The molecule has 0 heterocycles. The van der Waals surface area contributed by atoms with Crippen molar-refractivity contribution in [1.29, 1.82) is 0 Å². The Morgan fingerprint density at radius 3 is 1.80 bits per heavy atom. The van der Waals surface area contributed by atoms with Crippen LogP contribution in [0.5, 0.6) is 0 Å². The van der Waals surface area contributed by atoms with Crippen LogP contribution in [0.15, 0.2) is 36.4 Å². The predicted molar refractivity (Wildman–Crippen MR) is 97.5 cm³/mol. The minimum absolute atomic E-state index is 0.913. The van der Waals surface area contributed by atoms with Gasteiger partial charge in [0.1, 0.15) is 0 Å². The number of aryl methyl sites for hydroxylation is 2. The number of fused-ring (bicyclic) bond motifs is 1. The fourth-order valence-electron chi connectivity index (χ4n) is 2.58. The highest BCUT2D eigenvalue weighted by Crippen LogP contribution is 2.20. The zero-order valence-electron chi connectivity index (χ0n) is 12.0. The lowest BCUT2D eigenvalue weighted by Crippen LogP contribution is -1.89. The van der Waals surface area contributed by atoms with Crippen molar-refractivity contribution < 1.29 is 0 Å². The van der Waals surface area contributed by atoms with E-state index in [9.17, 15) is 0 Å². The second kappa shape index (κ2) is 8.63. The summed E-state index contributed by atoms with van der Waals surface area (Å²) in [5.74, 6) is 1.93. The minimum Gasteiger partial charge on any atom is -0.179 e. The van der Waals surface area contributed by atoms with Gasteiger partial charge >= 0.3 is 0 Å². The molecule has 2 heteroatoms. The van der Waals surface area contributed by atoms with Gasteiger partial charge in [-0.05, 0) is 59.1 Å². The summed E-state index contributed by atoms with van der Waals surface area (Å²) in [6, 6.07) is 13.7. The van der Waals surface area contributed by atoms with E-state index >= 15 is 0 Å². The summed E-state index contributed by atoms with van der Waals surface area (Å²) in [6.07, 6.45) is 7.41. The Balaban J connectivity index is 1.97. The molecule has 2 aromatic rings. The molecule has 0 fully saturated rings. The number of rotatable bonds is 8. The van der Waals surface area contributed by atoms with Gasteiger partial charge in [0.05, 0.1) is 0 Å². The van der Waals surface area contributed by atoms with Crippen molar-refractivity contribution in [3.8, 4) is 0 Å². The highest BCUT2D eigenvalue weighted by Gasteiger charge is 1.99. The summed E-state index contributed by atoms with van der Waals surface area (Å²) in [4.78, 5) is 0. The SMILES string of the molecule is SCCCCCCc1ccc2cc(CCS)ccc2c1. The van der Waals surface area contributed by atoms with E-state index in [0.717, 1.165) is 17.9 Å². The maximum Gasteiger partial charge on any atom is -0.00574 e. The zero-order chi connectivity index (χ0) is 14.2. The lowest BCUT2D eigenvalue weighted by Gasteiger charge is -2.06. The third kappa shape index (κ3) is 4.75. The molecular formula is C18H24S2. The molecule has 0 nitrogen and oxygen atoms in total. The van der Waals surface area contributed by atoms with Gasteiger partial charge in [-0.15, -0.1) is 0 Å². The average Bonchev–Trinajstić information content (AvgIpc) is 2.47. The minimum atomic E-state index is 0.913. The molecule has 0 aliphatic rings. The largest absolute Gasteiger partial charge is 0.179 e. The third-order valence-corrected chi connectivity index (χ3v) is 4.28. The number of thiol groups is 2. The van der Waals surface area contributed by atoms with Crippen molar-refractivity contribution in [1.82, 2.24) is 0 Å². The van der Waals surface area contributed by atoms with E-state index in [0.29, 0.717) is 0 Å². The molecule has 108 valence electrons. The number of unbranched alkanes of at least 4 members (excludes halogenated alkanes) is 3. The van der Waals surface area contributed by atoms with Crippen LogP contribution in [0.3, 0.4) is 0 Å². The Morgan fingerprint density at radius 1 is 0.600 bits per heavy atom. The second-order valence-electron chi connectivity index (χ2n) is 5.38. The molecule has 0 spiro atoms. The Kier molecular flexibility index (Phi) is 6.81. The normalized spacial score (nSPS) is 11.1. The van der Waals surface area contributed by atoms with Crippen LogP contribution in [0.2, 0.25) is 0 Å². The van der Waals surface area contributed by atoms with Gasteiger partial charge in [-0.1, -0.05) is 49.2 Å². The first-order chi connectivity index (χ1) is 9.83. The fourth-order valence-corrected chi connectivity index (χ4v) is 3.06. The van der Waals surface area contributed by atoms with E-state index in [4.69, 9.17) is 0 Å². The quantitative estimate of drug-likeness (QED) is 0.477. The molecule has 0 aliphatic heterocycles. The van der Waals surface area contributed by atoms with Crippen LogP contribution >= 0.6 is 25.3 Å². The maximum absolute atomic E-state index is 4.30. The van der Waals surface area contributed by atoms with Crippen LogP contribution in [0, 0.1) is 0 Å². The summed E-state index contributed by atoms with van der Waals surface area (Å²) in [6.45, 7) is 0. The molecule has 0 N–H and O–H groups in total. The van der Waals surface area contributed by atoms with Crippen LogP contribution in [-0.2, 0) is 12.8 Å². The van der Waals surface area contributed by atoms with Crippen molar-refractivity contribution in [2.45, 2.75) is 38.5 Å². The van der Waals surface area contributed by atoms with Crippen LogP contribution in [0.4, 0.5) is 0 Å². The molecule has 0 aliphatic carbocycles. The van der Waals surface area contributed by atoms with Crippen molar-refractivity contribution in [2.24, 2.45) is 0 Å². The van der Waals surface area contributed by atoms with E-state index in [1.165, 1.54) is 54.0 Å². The Bertz CT molecular complexity index is 534. The lowest BCUT2D eigenvalue weighted by molar-refractivity contribution is 0.671. The highest BCUT2D eigenvalue weighted by atomic mass is 32.1. The first-order valence-corrected chi connectivity index (χ1v) is 8.83. The predicted octanol–water partition coefficient (Wildman–Crippen LogP) is 5.34. The average molecular weight is 305 g/mol. The van der Waals surface area contributed by atoms with Crippen molar-refractivity contribution in [2.75, 3.05) is 11.5 Å². The third-order valence-electron chi connectivity index (χ3n) is 3.74. The van der Waals surface area contributed by atoms with E-state index in [-0.39, 0.29) is 0 Å². The van der Waals surface area contributed by atoms with Gasteiger partial charge in [0.15, 0.2) is 0 Å². The molecule has 20 heavy (non-hydrogen) atoms. The molecule has 0 radical (unpaired) electrons. The first-order valence-electron chi connectivity index (χ1n) is 7.57. The van der Waals surface area contributed by atoms with Crippen LogP contribution in [0.25, 0.3) is 10.8 Å². The van der Waals surface area contributed by atoms with Gasteiger partial charge in [0, 0.05) is 0 Å². The highest BCUT2D eigenvalue weighted by molar-refractivity contribution is 7.80. The summed E-state index contributed by atoms with van der Waals surface area (Å²) >= 11 is 8.55. The van der Waals surface area contributed by atoms with Gasteiger partial charge in [-0.3, -0.25) is 0 Å². The van der Waals surface area contributed by atoms with Crippen molar-refractivity contribution in [3.63, 3.8) is 0 Å². The zero-order valence-corrected chi connectivity index (χ0v) is 13.8. The number of hydrogen-bond acceptors (Lipinski definition) is 2. The second-order valence-corrected chi connectivity index (χ2v) is 6.27. The summed E-state index contributed by atoms with van der Waals surface area (Å²) in [5, 5.41) is 2.71. The van der Waals surface area contributed by atoms with Gasteiger partial charge in [0.25, 0.3) is 0 Å². The molecule has 0 atom stereocenters. The van der Waals surface area contributed by atoms with E-state index in [1.54, 1.807) is 0 Å². The first kappa shape index (κ1) is 15.8. The molecule has 0 unspecified atom stereocenters. The molecule has 2 aromatic carbocycles. The van der Waals surface area contributed by atoms with Crippen LogP contribution in [0.1, 0.15) is 36.8 Å². The summed E-state index contributed by atoms with van der Waals surface area (Å²) in [7, 11) is 0. The molecule has 2 rings (SSSR count). The topological polar surface area (TPSA) is 0 Å². The van der Waals surface area contributed by atoms with Crippen molar-refractivity contribution in [3.05, 3.63) is 47.5 Å². The Labute approximate surface area is 133 Å². The molecule has 0 amide bonds. The lowest BCUT2D eigenvalue weighted by atomic mass is 10.0. The van der Waals surface area contributed by atoms with Gasteiger partial charge in [-0.2, -0.15) is 25.3 Å². The molecule has 0 bridgehead atoms. The van der Waals surface area contributed by atoms with Gasteiger partial charge < -0.3 is 0 Å². The van der Waals surface area contributed by atoms with Gasteiger partial charge in [-0.25, -0.2) is 0 Å². The van der Waals surface area contributed by atoms with E-state index < -0.39 is 0 Å². The Morgan fingerprint density at radius 2 is 1.20 bits per heavy atom. The molecular weight excluding hydrogens is 280 g/mol. The summed E-state index contributed by atoms with van der Waals surface area (Å²) < 4.78 is 0. The number of benzene rings is 2. The maximum atomic E-state index is 4.30. The van der Waals surface area contributed by atoms with Crippen LogP contribution in [-0.4, -0.2) is 11.5 Å². The van der Waals surface area contributed by atoms with Gasteiger partial charge in [0.2, 0.25) is 0 Å². The molecule has 0 saturated carbocycles. The standard InChI is InChI=1S/C18H24S2/c19-11-4-2-1-3-5-15-6-8-18-14-16(10-12-20)7-9-17(18)13-15/h6-9,13-14,19-20H,1-5,10-12H2. The summed E-state index contributed by atoms with van der Waals surface area (Å²) in [5.41, 5.74) is 2.84. The molecule has 0 saturated heterocycles. The van der Waals surface area contributed by atoms with E-state index in [2.05, 4.69) is 61.7 Å². The number of hydrogen-bond donors (Lipinski definition) is 2. The molecule has 0 aromatic heterocycles.